The monoisotopic (exact) mass is 187 g/mol. The number of hydrogen-bond acceptors (Lipinski definition) is 2. The molecule has 1 aliphatic heterocycles. The summed E-state index contributed by atoms with van der Waals surface area (Å²) in [7, 11) is 2.26. The highest BCUT2D eigenvalue weighted by Gasteiger charge is 2.39. The standard InChI is InChI=1S/C10H21NS/c1-8(2)6-10(4)11(5)9(3)7-12-10/h8-9H,6-7H2,1-5H3. The van der Waals surface area contributed by atoms with Crippen LogP contribution in [0.5, 0.6) is 0 Å². The van der Waals surface area contributed by atoms with Gasteiger partial charge in [0, 0.05) is 11.8 Å². The van der Waals surface area contributed by atoms with Crippen molar-refractivity contribution < 1.29 is 0 Å². The van der Waals surface area contributed by atoms with Gasteiger partial charge in [0.25, 0.3) is 0 Å². The lowest BCUT2D eigenvalue weighted by Crippen LogP contribution is -2.40. The highest BCUT2D eigenvalue weighted by Crippen LogP contribution is 2.41. The topological polar surface area (TPSA) is 3.24 Å². The van der Waals surface area contributed by atoms with Gasteiger partial charge in [0.1, 0.15) is 0 Å². The average molecular weight is 187 g/mol. The molecule has 0 bridgehead atoms. The van der Waals surface area contributed by atoms with Crippen LogP contribution in [0.15, 0.2) is 0 Å². The molecule has 2 atom stereocenters. The van der Waals surface area contributed by atoms with Crippen LogP contribution in [0.4, 0.5) is 0 Å². The van der Waals surface area contributed by atoms with E-state index in [2.05, 4.69) is 51.4 Å². The molecule has 1 heterocycles. The van der Waals surface area contributed by atoms with Crippen LogP contribution < -0.4 is 0 Å². The zero-order valence-electron chi connectivity index (χ0n) is 8.92. The van der Waals surface area contributed by atoms with E-state index in [1.54, 1.807) is 0 Å². The molecule has 1 nitrogen and oxygen atoms in total. The predicted molar refractivity (Wildman–Crippen MR) is 57.5 cm³/mol. The van der Waals surface area contributed by atoms with Crippen LogP contribution in [-0.4, -0.2) is 28.6 Å². The Bertz CT molecular complexity index is 158. The van der Waals surface area contributed by atoms with E-state index in [9.17, 15) is 0 Å². The normalized spacial score (nSPS) is 38.0. The van der Waals surface area contributed by atoms with Crippen LogP contribution in [0.25, 0.3) is 0 Å². The molecule has 0 aromatic heterocycles. The minimum atomic E-state index is 0.396. The second-order valence-corrected chi connectivity index (χ2v) is 6.05. The molecule has 0 amide bonds. The van der Waals surface area contributed by atoms with Gasteiger partial charge in [0.2, 0.25) is 0 Å². The number of thioether (sulfide) groups is 1. The summed E-state index contributed by atoms with van der Waals surface area (Å²) in [6, 6.07) is 0.749. The van der Waals surface area contributed by atoms with Gasteiger partial charge < -0.3 is 0 Å². The first-order valence-corrected chi connectivity index (χ1v) is 5.81. The summed E-state index contributed by atoms with van der Waals surface area (Å²) in [6.45, 7) is 9.31. The highest BCUT2D eigenvalue weighted by molar-refractivity contribution is 8.00. The quantitative estimate of drug-likeness (QED) is 0.654. The van der Waals surface area contributed by atoms with E-state index in [4.69, 9.17) is 0 Å². The number of hydrogen-bond donors (Lipinski definition) is 0. The van der Waals surface area contributed by atoms with Gasteiger partial charge in [-0.05, 0) is 33.2 Å². The summed E-state index contributed by atoms with van der Waals surface area (Å²) in [5.74, 6) is 2.09. The molecule has 1 aliphatic rings. The molecule has 0 saturated carbocycles. The van der Waals surface area contributed by atoms with E-state index in [0.29, 0.717) is 4.87 Å². The van der Waals surface area contributed by atoms with Crippen LogP contribution >= 0.6 is 11.8 Å². The van der Waals surface area contributed by atoms with E-state index in [1.807, 2.05) is 0 Å². The summed E-state index contributed by atoms with van der Waals surface area (Å²) in [4.78, 5) is 2.92. The lowest BCUT2D eigenvalue weighted by atomic mass is 10.0. The Morgan fingerprint density at radius 2 is 2.17 bits per heavy atom. The van der Waals surface area contributed by atoms with E-state index < -0.39 is 0 Å². The zero-order valence-corrected chi connectivity index (χ0v) is 9.74. The summed E-state index contributed by atoms with van der Waals surface area (Å²) in [5.41, 5.74) is 0. The summed E-state index contributed by atoms with van der Waals surface area (Å²) >= 11 is 2.12. The SMILES string of the molecule is CC(C)CC1(C)SCC(C)N1C. The Kier molecular flexibility index (Phi) is 3.11. The number of nitrogens with zero attached hydrogens (tertiary/aromatic N) is 1. The van der Waals surface area contributed by atoms with E-state index >= 15 is 0 Å². The van der Waals surface area contributed by atoms with Crippen molar-refractivity contribution in [1.82, 2.24) is 4.90 Å². The van der Waals surface area contributed by atoms with Gasteiger partial charge in [0.15, 0.2) is 0 Å². The van der Waals surface area contributed by atoms with Crippen LogP contribution in [0.1, 0.15) is 34.1 Å². The van der Waals surface area contributed by atoms with Crippen molar-refractivity contribution in [2.75, 3.05) is 12.8 Å². The van der Waals surface area contributed by atoms with E-state index in [0.717, 1.165) is 12.0 Å². The van der Waals surface area contributed by atoms with Gasteiger partial charge in [-0.2, -0.15) is 0 Å². The third-order valence-electron chi connectivity index (χ3n) is 2.83. The summed E-state index contributed by atoms with van der Waals surface area (Å²) < 4.78 is 0. The van der Waals surface area contributed by atoms with Crippen LogP contribution in [-0.2, 0) is 0 Å². The fourth-order valence-electron chi connectivity index (χ4n) is 1.94. The van der Waals surface area contributed by atoms with Crippen LogP contribution in [0, 0.1) is 5.92 Å². The van der Waals surface area contributed by atoms with Crippen molar-refractivity contribution in [3.63, 3.8) is 0 Å². The maximum absolute atomic E-state index is 2.53. The maximum Gasteiger partial charge on any atom is 0.0644 e. The molecule has 2 unspecified atom stereocenters. The molecular weight excluding hydrogens is 166 g/mol. The molecule has 1 saturated heterocycles. The van der Waals surface area contributed by atoms with E-state index in [-0.39, 0.29) is 0 Å². The van der Waals surface area contributed by atoms with Crippen molar-refractivity contribution in [1.29, 1.82) is 0 Å². The predicted octanol–water partition coefficient (Wildman–Crippen LogP) is 2.82. The molecule has 1 fully saturated rings. The lowest BCUT2D eigenvalue weighted by molar-refractivity contribution is 0.179. The first kappa shape index (κ1) is 10.4. The third kappa shape index (κ3) is 1.97. The molecule has 1 rings (SSSR count). The molecule has 12 heavy (non-hydrogen) atoms. The van der Waals surface area contributed by atoms with Crippen molar-refractivity contribution in [2.45, 2.75) is 45.0 Å². The Hall–Kier alpha value is 0.310. The van der Waals surface area contributed by atoms with Crippen molar-refractivity contribution in [3.8, 4) is 0 Å². The molecule has 0 aromatic rings. The van der Waals surface area contributed by atoms with Gasteiger partial charge in [0.05, 0.1) is 4.87 Å². The summed E-state index contributed by atoms with van der Waals surface area (Å²) in [5, 5.41) is 0. The molecule has 0 spiro atoms. The second-order valence-electron chi connectivity index (χ2n) is 4.54. The molecule has 0 aliphatic carbocycles. The Balaban J connectivity index is 2.59. The smallest absolute Gasteiger partial charge is 0.0644 e. The number of rotatable bonds is 2. The Labute approximate surface area is 80.9 Å². The van der Waals surface area contributed by atoms with Crippen molar-refractivity contribution >= 4 is 11.8 Å². The van der Waals surface area contributed by atoms with Gasteiger partial charge in [-0.3, -0.25) is 4.90 Å². The van der Waals surface area contributed by atoms with Gasteiger partial charge in [-0.25, -0.2) is 0 Å². The minimum absolute atomic E-state index is 0.396. The van der Waals surface area contributed by atoms with Gasteiger partial charge >= 0.3 is 0 Å². The molecule has 0 radical (unpaired) electrons. The molecule has 2 heteroatoms. The lowest BCUT2D eigenvalue weighted by Gasteiger charge is -2.34. The second kappa shape index (κ2) is 3.59. The van der Waals surface area contributed by atoms with Gasteiger partial charge in [-0.1, -0.05) is 13.8 Å². The Morgan fingerprint density at radius 3 is 2.50 bits per heavy atom. The van der Waals surface area contributed by atoms with Crippen LogP contribution in [0.2, 0.25) is 0 Å². The fourth-order valence-corrected chi connectivity index (χ4v) is 3.60. The molecular formula is C10H21NS. The van der Waals surface area contributed by atoms with Crippen molar-refractivity contribution in [2.24, 2.45) is 5.92 Å². The van der Waals surface area contributed by atoms with E-state index in [1.165, 1.54) is 12.2 Å². The third-order valence-corrected chi connectivity index (χ3v) is 4.56. The molecule has 0 aromatic carbocycles. The molecule has 72 valence electrons. The minimum Gasteiger partial charge on any atom is -0.289 e. The first-order chi connectivity index (χ1) is 5.46. The fraction of sp³-hybridized carbons (Fsp3) is 1.00. The van der Waals surface area contributed by atoms with Crippen molar-refractivity contribution in [3.05, 3.63) is 0 Å². The highest BCUT2D eigenvalue weighted by atomic mass is 32.2. The Morgan fingerprint density at radius 1 is 1.58 bits per heavy atom. The largest absolute Gasteiger partial charge is 0.289 e. The molecule has 0 N–H and O–H groups in total. The van der Waals surface area contributed by atoms with Gasteiger partial charge in [-0.15, -0.1) is 11.8 Å². The van der Waals surface area contributed by atoms with Crippen LogP contribution in [0.3, 0.4) is 0 Å². The average Bonchev–Trinajstić information content (AvgIpc) is 2.16. The summed E-state index contributed by atoms with van der Waals surface area (Å²) in [6.07, 6.45) is 1.30. The maximum atomic E-state index is 2.53. The zero-order chi connectivity index (χ0) is 9.35. The first-order valence-electron chi connectivity index (χ1n) is 4.82.